The summed E-state index contributed by atoms with van der Waals surface area (Å²) in [6.45, 7) is 4.18. The molecule has 1 amide bonds. The molecule has 0 N–H and O–H groups in total. The second kappa shape index (κ2) is 5.82. The Kier molecular flexibility index (Phi) is 4.12. The number of aryl methyl sites for hydroxylation is 1. The van der Waals surface area contributed by atoms with E-state index in [1.165, 1.54) is 24.2 Å². The van der Waals surface area contributed by atoms with Crippen LogP contribution in [0.2, 0.25) is 0 Å². The van der Waals surface area contributed by atoms with Crippen molar-refractivity contribution in [3.05, 3.63) is 29.1 Å². The molecule has 0 spiro atoms. The molecule has 6 heteroatoms. The largest absolute Gasteiger partial charge is 0.346 e. The van der Waals surface area contributed by atoms with Gasteiger partial charge in [0.1, 0.15) is 0 Å². The number of nitrogens with zero attached hydrogens (tertiary/aromatic N) is 2. The fourth-order valence-corrected chi connectivity index (χ4v) is 5.18. The predicted molar refractivity (Wildman–Crippen MR) is 91.0 cm³/mol. The van der Waals surface area contributed by atoms with Crippen LogP contribution < -0.4 is 0 Å². The highest BCUT2D eigenvalue weighted by atomic mass is 32.2. The molecule has 0 aromatic carbocycles. The van der Waals surface area contributed by atoms with Gasteiger partial charge in [0, 0.05) is 36.6 Å². The number of hydrogen-bond acceptors (Lipinski definition) is 3. The molecular weight excluding hydrogens is 312 g/mol. The molecule has 126 valence electrons. The van der Waals surface area contributed by atoms with Crippen LogP contribution in [0.3, 0.4) is 0 Å². The predicted octanol–water partition coefficient (Wildman–Crippen LogP) is 2.10. The molecule has 23 heavy (non-hydrogen) atoms. The molecule has 1 aliphatic heterocycles. The van der Waals surface area contributed by atoms with Crippen molar-refractivity contribution in [3.8, 4) is 0 Å². The topological polar surface area (TPSA) is 59.4 Å². The van der Waals surface area contributed by atoms with Gasteiger partial charge in [-0.2, -0.15) is 0 Å². The van der Waals surface area contributed by atoms with Crippen molar-refractivity contribution in [2.45, 2.75) is 45.2 Å². The highest BCUT2D eigenvalue weighted by Gasteiger charge is 2.32. The van der Waals surface area contributed by atoms with E-state index in [2.05, 4.69) is 24.5 Å². The van der Waals surface area contributed by atoms with Crippen molar-refractivity contribution in [2.24, 2.45) is 0 Å². The van der Waals surface area contributed by atoms with Gasteiger partial charge in [-0.3, -0.25) is 4.79 Å². The van der Waals surface area contributed by atoms with E-state index in [1.54, 1.807) is 18.0 Å². The van der Waals surface area contributed by atoms with Crippen LogP contribution in [0.1, 0.15) is 42.3 Å². The van der Waals surface area contributed by atoms with Gasteiger partial charge in [0.2, 0.25) is 5.91 Å². The molecule has 1 aliphatic carbocycles. The smallest absolute Gasteiger partial charge is 0.246 e. The van der Waals surface area contributed by atoms with Crippen molar-refractivity contribution in [3.63, 3.8) is 0 Å². The number of sulfone groups is 1. The van der Waals surface area contributed by atoms with E-state index < -0.39 is 9.84 Å². The van der Waals surface area contributed by atoms with Gasteiger partial charge in [-0.05, 0) is 50.8 Å². The van der Waals surface area contributed by atoms with Crippen molar-refractivity contribution in [1.82, 2.24) is 9.47 Å². The minimum Gasteiger partial charge on any atom is -0.346 e. The summed E-state index contributed by atoms with van der Waals surface area (Å²) >= 11 is 0. The fraction of sp³-hybridized carbons (Fsp3) is 0.588. The fourth-order valence-electron chi connectivity index (χ4n) is 3.41. The first kappa shape index (κ1) is 16.3. The maximum Gasteiger partial charge on any atom is 0.246 e. The molecule has 1 aromatic heterocycles. The summed E-state index contributed by atoms with van der Waals surface area (Å²) < 4.78 is 25.4. The van der Waals surface area contributed by atoms with Crippen molar-refractivity contribution in [2.75, 3.05) is 18.6 Å². The van der Waals surface area contributed by atoms with E-state index in [1.807, 2.05) is 6.08 Å². The maximum atomic E-state index is 12.3. The molecule has 2 aliphatic rings. The molecule has 0 radical (unpaired) electrons. The van der Waals surface area contributed by atoms with Crippen LogP contribution in [0, 0.1) is 13.8 Å². The third-order valence-electron chi connectivity index (χ3n) is 4.94. The Labute approximate surface area is 137 Å². The standard InChI is InChI=1S/C17H24N2O3S/c1-12-10-14(13(2)19(12)15-5-6-15)4-7-17(20)18(3)16-8-9-23(21,22)11-16/h4,7,10,15-16H,5-6,8-9,11H2,1-3H3/b7-4+/t16-/m0/s1. The van der Waals surface area contributed by atoms with Crippen molar-refractivity contribution >= 4 is 21.8 Å². The van der Waals surface area contributed by atoms with E-state index in [-0.39, 0.29) is 23.5 Å². The Morgan fingerprint density at radius 1 is 1.30 bits per heavy atom. The zero-order valence-electron chi connectivity index (χ0n) is 13.9. The summed E-state index contributed by atoms with van der Waals surface area (Å²) in [5.41, 5.74) is 3.49. The van der Waals surface area contributed by atoms with Gasteiger partial charge < -0.3 is 9.47 Å². The number of carbonyl (C=O) groups is 1. The molecule has 2 fully saturated rings. The van der Waals surface area contributed by atoms with Gasteiger partial charge in [0.15, 0.2) is 9.84 Å². The highest BCUT2D eigenvalue weighted by Crippen LogP contribution is 2.38. The molecule has 0 unspecified atom stereocenters. The zero-order valence-corrected chi connectivity index (χ0v) is 14.8. The molecule has 1 aromatic rings. The zero-order chi connectivity index (χ0) is 16.8. The monoisotopic (exact) mass is 336 g/mol. The van der Waals surface area contributed by atoms with Gasteiger partial charge in [-0.15, -0.1) is 0 Å². The molecular formula is C17H24N2O3S. The Balaban J connectivity index is 1.70. The average molecular weight is 336 g/mol. The van der Waals surface area contributed by atoms with Crippen LogP contribution in [0.25, 0.3) is 6.08 Å². The summed E-state index contributed by atoms with van der Waals surface area (Å²) in [4.78, 5) is 13.9. The van der Waals surface area contributed by atoms with Crippen LogP contribution >= 0.6 is 0 Å². The third kappa shape index (κ3) is 3.37. The van der Waals surface area contributed by atoms with E-state index in [9.17, 15) is 13.2 Å². The first-order chi connectivity index (χ1) is 10.8. The van der Waals surface area contributed by atoms with E-state index in [0.29, 0.717) is 12.5 Å². The molecule has 5 nitrogen and oxygen atoms in total. The van der Waals surface area contributed by atoms with Crippen LogP contribution in [0.4, 0.5) is 0 Å². The summed E-state index contributed by atoms with van der Waals surface area (Å²) in [7, 11) is -1.29. The van der Waals surface area contributed by atoms with Crippen LogP contribution in [-0.2, 0) is 14.6 Å². The minimum atomic E-state index is -2.97. The quantitative estimate of drug-likeness (QED) is 0.791. The van der Waals surface area contributed by atoms with E-state index >= 15 is 0 Å². The summed E-state index contributed by atoms with van der Waals surface area (Å²) in [6, 6.07) is 2.53. The second-order valence-electron chi connectivity index (χ2n) is 6.77. The summed E-state index contributed by atoms with van der Waals surface area (Å²) in [6.07, 6.45) is 6.41. The number of likely N-dealkylation sites (N-methyl/N-ethyl adjacent to an activating group) is 1. The first-order valence-corrected chi connectivity index (χ1v) is 9.94. The Bertz CT molecular complexity index is 757. The van der Waals surface area contributed by atoms with Gasteiger partial charge in [-0.25, -0.2) is 8.42 Å². The Morgan fingerprint density at radius 3 is 2.57 bits per heavy atom. The van der Waals surface area contributed by atoms with Gasteiger partial charge >= 0.3 is 0 Å². The molecule has 1 saturated carbocycles. The summed E-state index contributed by atoms with van der Waals surface area (Å²) in [5.74, 6) is 0.129. The van der Waals surface area contributed by atoms with Crippen LogP contribution in [0.15, 0.2) is 12.1 Å². The average Bonchev–Trinajstić information content (AvgIpc) is 3.18. The van der Waals surface area contributed by atoms with Crippen molar-refractivity contribution < 1.29 is 13.2 Å². The summed E-state index contributed by atoms with van der Waals surface area (Å²) in [5, 5.41) is 0. The number of hydrogen-bond donors (Lipinski definition) is 0. The van der Waals surface area contributed by atoms with Crippen LogP contribution in [0.5, 0.6) is 0 Å². The third-order valence-corrected chi connectivity index (χ3v) is 6.70. The SMILES string of the molecule is Cc1cc(/C=C/C(=O)N(C)[C@H]2CCS(=O)(=O)C2)c(C)n1C1CC1. The number of carbonyl (C=O) groups excluding carboxylic acids is 1. The number of aromatic nitrogens is 1. The lowest BCUT2D eigenvalue weighted by molar-refractivity contribution is -0.126. The molecule has 3 rings (SSSR count). The van der Waals surface area contributed by atoms with Gasteiger partial charge in [0.05, 0.1) is 11.5 Å². The Hall–Kier alpha value is -1.56. The second-order valence-corrected chi connectivity index (χ2v) is 9.00. The van der Waals surface area contributed by atoms with E-state index in [4.69, 9.17) is 0 Å². The highest BCUT2D eigenvalue weighted by molar-refractivity contribution is 7.91. The van der Waals surface area contributed by atoms with Gasteiger partial charge in [-0.1, -0.05) is 0 Å². The first-order valence-electron chi connectivity index (χ1n) is 8.12. The molecule has 1 atom stereocenters. The lowest BCUT2D eigenvalue weighted by Crippen LogP contribution is -2.36. The lowest BCUT2D eigenvalue weighted by Gasteiger charge is -2.21. The Morgan fingerprint density at radius 2 is 2.00 bits per heavy atom. The molecule has 1 saturated heterocycles. The normalized spacial score (nSPS) is 23.5. The number of rotatable bonds is 4. The van der Waals surface area contributed by atoms with Crippen LogP contribution in [-0.4, -0.2) is 48.4 Å². The lowest BCUT2D eigenvalue weighted by atomic mass is 10.2. The maximum absolute atomic E-state index is 12.3. The van der Waals surface area contributed by atoms with E-state index in [0.717, 1.165) is 5.56 Å². The number of amides is 1. The molecule has 2 heterocycles. The minimum absolute atomic E-state index is 0.0826. The molecule has 0 bridgehead atoms. The van der Waals surface area contributed by atoms with Gasteiger partial charge in [0.25, 0.3) is 0 Å². The van der Waals surface area contributed by atoms with Crippen molar-refractivity contribution in [1.29, 1.82) is 0 Å².